The zero-order valence-electron chi connectivity index (χ0n) is 14.0. The zero-order chi connectivity index (χ0) is 17.6. The van der Waals surface area contributed by atoms with E-state index >= 15 is 0 Å². The van der Waals surface area contributed by atoms with Gasteiger partial charge in [-0.05, 0) is 54.8 Å². The normalized spacial score (nSPS) is 18.1. The number of benzene rings is 2. The van der Waals surface area contributed by atoms with E-state index in [-0.39, 0.29) is 30.1 Å². The summed E-state index contributed by atoms with van der Waals surface area (Å²) >= 11 is 0. The second kappa shape index (κ2) is 8.21. The SMILES string of the molecule is O=C(OCc1ccc(F)cc1)C1CCCN(Cc2ccc(F)cc2)C1. The number of likely N-dealkylation sites (tertiary alicyclic amines) is 1. The van der Waals surface area contributed by atoms with E-state index in [9.17, 15) is 13.6 Å². The van der Waals surface area contributed by atoms with Crippen LogP contribution in [0, 0.1) is 17.6 Å². The van der Waals surface area contributed by atoms with Crippen LogP contribution in [0.1, 0.15) is 24.0 Å². The van der Waals surface area contributed by atoms with Crippen molar-refractivity contribution in [1.82, 2.24) is 4.90 Å². The molecule has 0 aromatic heterocycles. The minimum absolute atomic E-state index is 0.158. The topological polar surface area (TPSA) is 29.5 Å². The van der Waals surface area contributed by atoms with Crippen molar-refractivity contribution < 1.29 is 18.3 Å². The van der Waals surface area contributed by atoms with E-state index in [0.717, 1.165) is 30.5 Å². The van der Waals surface area contributed by atoms with E-state index < -0.39 is 0 Å². The number of piperidine rings is 1. The van der Waals surface area contributed by atoms with E-state index in [4.69, 9.17) is 4.74 Å². The molecule has 1 aliphatic heterocycles. The molecular formula is C20H21F2NO2. The average molecular weight is 345 g/mol. The molecule has 1 saturated heterocycles. The lowest BCUT2D eigenvalue weighted by atomic mass is 9.97. The van der Waals surface area contributed by atoms with Crippen LogP contribution in [0.25, 0.3) is 0 Å². The lowest BCUT2D eigenvalue weighted by Crippen LogP contribution is -2.38. The predicted molar refractivity (Wildman–Crippen MR) is 90.6 cm³/mol. The van der Waals surface area contributed by atoms with Gasteiger partial charge in [-0.1, -0.05) is 24.3 Å². The van der Waals surface area contributed by atoms with E-state index in [2.05, 4.69) is 4.90 Å². The fourth-order valence-electron chi connectivity index (χ4n) is 3.09. The Balaban J connectivity index is 1.50. The first-order chi connectivity index (χ1) is 12.1. The van der Waals surface area contributed by atoms with Crippen molar-refractivity contribution in [1.29, 1.82) is 0 Å². The molecule has 0 amide bonds. The zero-order valence-corrected chi connectivity index (χ0v) is 14.0. The molecule has 0 N–H and O–H groups in total. The Morgan fingerprint density at radius 2 is 1.60 bits per heavy atom. The summed E-state index contributed by atoms with van der Waals surface area (Å²) in [5.74, 6) is -0.925. The molecule has 0 bridgehead atoms. The van der Waals surface area contributed by atoms with Crippen molar-refractivity contribution in [3.8, 4) is 0 Å². The number of carbonyl (C=O) groups excluding carboxylic acids is 1. The first-order valence-corrected chi connectivity index (χ1v) is 8.48. The lowest BCUT2D eigenvalue weighted by molar-refractivity contribution is -0.151. The van der Waals surface area contributed by atoms with Gasteiger partial charge in [0, 0.05) is 13.1 Å². The molecule has 132 valence electrons. The second-order valence-corrected chi connectivity index (χ2v) is 6.43. The largest absolute Gasteiger partial charge is 0.461 e. The van der Waals surface area contributed by atoms with E-state index in [1.807, 2.05) is 0 Å². The van der Waals surface area contributed by atoms with Crippen molar-refractivity contribution in [2.45, 2.75) is 26.0 Å². The molecule has 0 aliphatic carbocycles. The molecule has 2 aromatic rings. The highest BCUT2D eigenvalue weighted by molar-refractivity contribution is 5.72. The van der Waals surface area contributed by atoms with E-state index in [1.165, 1.54) is 24.3 Å². The second-order valence-electron chi connectivity index (χ2n) is 6.43. The maximum absolute atomic E-state index is 13.0. The van der Waals surface area contributed by atoms with Crippen LogP contribution in [0.5, 0.6) is 0 Å². The summed E-state index contributed by atoms with van der Waals surface area (Å²) in [5.41, 5.74) is 1.80. The molecule has 0 spiro atoms. The third kappa shape index (κ3) is 5.10. The van der Waals surface area contributed by atoms with Crippen molar-refractivity contribution in [2.75, 3.05) is 13.1 Å². The van der Waals surface area contributed by atoms with Crippen LogP contribution in [0.4, 0.5) is 8.78 Å². The van der Waals surface area contributed by atoms with Gasteiger partial charge in [-0.2, -0.15) is 0 Å². The van der Waals surface area contributed by atoms with Crippen LogP contribution >= 0.6 is 0 Å². The summed E-state index contributed by atoms with van der Waals surface area (Å²) in [4.78, 5) is 14.5. The van der Waals surface area contributed by atoms with Gasteiger partial charge in [-0.25, -0.2) is 8.78 Å². The van der Waals surface area contributed by atoms with Crippen LogP contribution in [0.2, 0.25) is 0 Å². The Hall–Kier alpha value is -2.27. The predicted octanol–water partition coefficient (Wildman–Crippen LogP) is 3.92. The number of ether oxygens (including phenoxy) is 1. The number of nitrogens with zero attached hydrogens (tertiary/aromatic N) is 1. The molecule has 5 heteroatoms. The number of hydrogen-bond acceptors (Lipinski definition) is 3. The van der Waals surface area contributed by atoms with Gasteiger partial charge in [0.2, 0.25) is 0 Å². The van der Waals surface area contributed by atoms with Crippen LogP contribution < -0.4 is 0 Å². The van der Waals surface area contributed by atoms with Crippen LogP contribution in [0.15, 0.2) is 48.5 Å². The molecule has 0 radical (unpaired) electrons. The van der Waals surface area contributed by atoms with Gasteiger partial charge in [0.1, 0.15) is 18.2 Å². The van der Waals surface area contributed by atoms with E-state index in [0.29, 0.717) is 13.1 Å². The van der Waals surface area contributed by atoms with Gasteiger partial charge in [-0.15, -0.1) is 0 Å². The molecular weight excluding hydrogens is 324 g/mol. The highest BCUT2D eigenvalue weighted by Crippen LogP contribution is 2.20. The summed E-state index contributed by atoms with van der Waals surface area (Å²) in [6, 6.07) is 12.4. The minimum Gasteiger partial charge on any atom is -0.461 e. The molecule has 1 atom stereocenters. The maximum atomic E-state index is 13.0. The number of rotatable bonds is 5. The maximum Gasteiger partial charge on any atom is 0.310 e. The van der Waals surface area contributed by atoms with Crippen molar-refractivity contribution in [2.24, 2.45) is 5.92 Å². The van der Waals surface area contributed by atoms with Crippen molar-refractivity contribution >= 4 is 5.97 Å². The number of hydrogen-bond donors (Lipinski definition) is 0. The Kier molecular flexibility index (Phi) is 5.76. The molecule has 1 aliphatic rings. The summed E-state index contributed by atoms with van der Waals surface area (Å²) in [6.07, 6.45) is 1.74. The van der Waals surface area contributed by atoms with Gasteiger partial charge in [0.15, 0.2) is 0 Å². The minimum atomic E-state index is -0.307. The monoisotopic (exact) mass is 345 g/mol. The summed E-state index contributed by atoms with van der Waals surface area (Å²) in [5, 5.41) is 0. The third-order valence-electron chi connectivity index (χ3n) is 4.45. The molecule has 25 heavy (non-hydrogen) atoms. The summed E-state index contributed by atoms with van der Waals surface area (Å²) in [6.45, 7) is 2.41. The fraction of sp³-hybridized carbons (Fsp3) is 0.350. The van der Waals surface area contributed by atoms with Gasteiger partial charge in [0.25, 0.3) is 0 Å². The number of carbonyl (C=O) groups is 1. The van der Waals surface area contributed by atoms with Gasteiger partial charge in [-0.3, -0.25) is 9.69 Å². The van der Waals surface area contributed by atoms with Crippen molar-refractivity contribution in [3.63, 3.8) is 0 Å². The van der Waals surface area contributed by atoms with E-state index in [1.54, 1.807) is 24.3 Å². The third-order valence-corrected chi connectivity index (χ3v) is 4.45. The highest BCUT2D eigenvalue weighted by Gasteiger charge is 2.27. The Morgan fingerprint density at radius 3 is 2.24 bits per heavy atom. The van der Waals surface area contributed by atoms with Gasteiger partial charge in [0.05, 0.1) is 5.92 Å². The summed E-state index contributed by atoms with van der Waals surface area (Å²) < 4.78 is 31.3. The van der Waals surface area contributed by atoms with Gasteiger partial charge < -0.3 is 4.74 Å². The average Bonchev–Trinajstić information content (AvgIpc) is 2.63. The molecule has 1 heterocycles. The number of halogens is 2. The highest BCUT2D eigenvalue weighted by atomic mass is 19.1. The fourth-order valence-corrected chi connectivity index (χ4v) is 3.09. The Bertz CT molecular complexity index is 701. The standard InChI is InChI=1S/C20H21F2NO2/c21-18-7-3-15(4-8-18)12-23-11-1-2-17(13-23)20(24)25-14-16-5-9-19(22)10-6-16/h3-10,17H,1-2,11-14H2. The summed E-state index contributed by atoms with van der Waals surface area (Å²) in [7, 11) is 0. The van der Waals surface area contributed by atoms with Gasteiger partial charge >= 0.3 is 5.97 Å². The molecule has 2 aromatic carbocycles. The van der Waals surface area contributed by atoms with Crippen LogP contribution in [0.3, 0.4) is 0 Å². The first-order valence-electron chi connectivity index (χ1n) is 8.48. The molecule has 3 rings (SSSR count). The Labute approximate surface area is 146 Å². The molecule has 3 nitrogen and oxygen atoms in total. The van der Waals surface area contributed by atoms with Crippen molar-refractivity contribution in [3.05, 3.63) is 71.3 Å². The molecule has 0 saturated carbocycles. The quantitative estimate of drug-likeness (QED) is 0.769. The lowest BCUT2D eigenvalue weighted by Gasteiger charge is -2.31. The molecule has 1 fully saturated rings. The van der Waals surface area contributed by atoms with Crippen LogP contribution in [-0.4, -0.2) is 24.0 Å². The first kappa shape index (κ1) is 17.5. The van der Waals surface area contributed by atoms with Crippen LogP contribution in [-0.2, 0) is 22.7 Å². The smallest absolute Gasteiger partial charge is 0.310 e. The molecule has 1 unspecified atom stereocenters. The Morgan fingerprint density at radius 1 is 1.00 bits per heavy atom. The number of esters is 1.